The van der Waals surface area contributed by atoms with Crippen LogP contribution in [0.25, 0.3) is 0 Å². The fourth-order valence-electron chi connectivity index (χ4n) is 2.59. The number of rotatable bonds is 5. The van der Waals surface area contributed by atoms with Crippen molar-refractivity contribution in [2.75, 3.05) is 0 Å². The maximum absolute atomic E-state index is 12.3. The summed E-state index contributed by atoms with van der Waals surface area (Å²) in [6.07, 6.45) is 6.78. The zero-order valence-corrected chi connectivity index (χ0v) is 9.61. The molecule has 16 heavy (non-hydrogen) atoms. The van der Waals surface area contributed by atoms with Crippen molar-refractivity contribution in [1.82, 2.24) is 0 Å². The molecule has 0 saturated heterocycles. The molecular weight excluding hydrogens is 196 g/mol. The zero-order valence-electron chi connectivity index (χ0n) is 9.61. The minimum atomic E-state index is -0.0733. The molecule has 0 heterocycles. The third kappa shape index (κ3) is 1.79. The molecule has 2 aliphatic rings. The summed E-state index contributed by atoms with van der Waals surface area (Å²) in [7, 11) is 0. The van der Waals surface area contributed by atoms with Crippen LogP contribution in [-0.4, -0.2) is 5.78 Å². The van der Waals surface area contributed by atoms with Crippen molar-refractivity contribution < 1.29 is 4.79 Å². The van der Waals surface area contributed by atoms with Gasteiger partial charge in [0.15, 0.2) is 0 Å². The lowest BCUT2D eigenvalue weighted by molar-refractivity contribution is -0.121. The SMILES string of the molecule is O=C(CCC1CC1)C1(c2ccccc2)CC1. The van der Waals surface area contributed by atoms with Crippen LogP contribution in [0.2, 0.25) is 0 Å². The van der Waals surface area contributed by atoms with E-state index in [0.717, 1.165) is 31.6 Å². The van der Waals surface area contributed by atoms with E-state index in [2.05, 4.69) is 12.1 Å². The van der Waals surface area contributed by atoms with Crippen molar-refractivity contribution in [3.63, 3.8) is 0 Å². The molecule has 84 valence electrons. The topological polar surface area (TPSA) is 17.1 Å². The van der Waals surface area contributed by atoms with Crippen molar-refractivity contribution >= 4 is 5.78 Å². The molecule has 1 heteroatoms. The molecule has 2 saturated carbocycles. The summed E-state index contributed by atoms with van der Waals surface area (Å²) < 4.78 is 0. The molecule has 0 N–H and O–H groups in total. The number of carbonyl (C=O) groups excluding carboxylic acids is 1. The Bertz CT molecular complexity index is 385. The lowest BCUT2D eigenvalue weighted by Crippen LogP contribution is -2.20. The highest BCUT2D eigenvalue weighted by Gasteiger charge is 2.50. The number of carbonyl (C=O) groups is 1. The first-order valence-electron chi connectivity index (χ1n) is 6.40. The highest BCUT2D eigenvalue weighted by molar-refractivity contribution is 5.93. The molecule has 0 aromatic heterocycles. The minimum Gasteiger partial charge on any atom is -0.299 e. The highest BCUT2D eigenvalue weighted by atomic mass is 16.1. The van der Waals surface area contributed by atoms with Crippen molar-refractivity contribution in [2.45, 2.75) is 43.9 Å². The smallest absolute Gasteiger partial charge is 0.143 e. The van der Waals surface area contributed by atoms with Gasteiger partial charge in [-0.15, -0.1) is 0 Å². The van der Waals surface area contributed by atoms with E-state index >= 15 is 0 Å². The van der Waals surface area contributed by atoms with Crippen LogP contribution in [0, 0.1) is 5.92 Å². The predicted octanol–water partition coefficient (Wildman–Crippen LogP) is 3.48. The highest BCUT2D eigenvalue weighted by Crippen LogP contribution is 2.50. The summed E-state index contributed by atoms with van der Waals surface area (Å²) in [6, 6.07) is 10.3. The van der Waals surface area contributed by atoms with Crippen molar-refractivity contribution in [1.29, 1.82) is 0 Å². The number of hydrogen-bond acceptors (Lipinski definition) is 1. The molecule has 0 atom stereocenters. The number of ketones is 1. The van der Waals surface area contributed by atoms with Crippen LogP contribution in [-0.2, 0) is 10.2 Å². The van der Waals surface area contributed by atoms with Crippen LogP contribution in [0.4, 0.5) is 0 Å². The standard InChI is InChI=1S/C15H18O/c16-14(9-8-12-6-7-12)15(10-11-15)13-4-2-1-3-5-13/h1-5,12H,6-11H2. The molecule has 0 spiro atoms. The first kappa shape index (κ1) is 10.1. The van der Waals surface area contributed by atoms with Gasteiger partial charge in [0, 0.05) is 6.42 Å². The van der Waals surface area contributed by atoms with Gasteiger partial charge in [-0.25, -0.2) is 0 Å². The number of Topliss-reactive ketones (excluding diaryl/α,β-unsaturated/α-hetero) is 1. The second-order valence-electron chi connectivity index (χ2n) is 5.35. The van der Waals surface area contributed by atoms with Crippen LogP contribution >= 0.6 is 0 Å². The third-order valence-electron chi connectivity index (χ3n) is 4.09. The van der Waals surface area contributed by atoms with E-state index in [4.69, 9.17) is 0 Å². The summed E-state index contributed by atoms with van der Waals surface area (Å²) in [4.78, 5) is 12.3. The zero-order chi connectivity index (χ0) is 11.0. The van der Waals surface area contributed by atoms with Crippen molar-refractivity contribution in [3.05, 3.63) is 35.9 Å². The van der Waals surface area contributed by atoms with Gasteiger partial charge in [-0.1, -0.05) is 43.2 Å². The molecule has 2 aliphatic carbocycles. The normalized spacial score (nSPS) is 21.8. The van der Waals surface area contributed by atoms with E-state index < -0.39 is 0 Å². The Kier molecular flexibility index (Phi) is 2.34. The second kappa shape index (κ2) is 3.73. The summed E-state index contributed by atoms with van der Waals surface area (Å²) in [5, 5.41) is 0. The lowest BCUT2D eigenvalue weighted by Gasteiger charge is -2.14. The van der Waals surface area contributed by atoms with Crippen LogP contribution in [0.1, 0.15) is 44.1 Å². The van der Waals surface area contributed by atoms with Gasteiger partial charge in [0.25, 0.3) is 0 Å². The molecule has 0 radical (unpaired) electrons. The molecule has 0 unspecified atom stereocenters. The molecule has 0 amide bonds. The van der Waals surface area contributed by atoms with Crippen molar-refractivity contribution in [3.8, 4) is 0 Å². The van der Waals surface area contributed by atoms with Gasteiger partial charge in [0.1, 0.15) is 5.78 Å². The third-order valence-corrected chi connectivity index (χ3v) is 4.09. The van der Waals surface area contributed by atoms with Gasteiger partial charge in [0.05, 0.1) is 5.41 Å². The van der Waals surface area contributed by atoms with E-state index in [0.29, 0.717) is 5.78 Å². The van der Waals surface area contributed by atoms with Gasteiger partial charge in [-0.2, -0.15) is 0 Å². The molecule has 3 rings (SSSR count). The number of benzene rings is 1. The Morgan fingerprint density at radius 3 is 2.44 bits per heavy atom. The van der Waals surface area contributed by atoms with E-state index in [1.807, 2.05) is 18.2 Å². The molecule has 2 fully saturated rings. The molecule has 1 aromatic rings. The van der Waals surface area contributed by atoms with Gasteiger partial charge in [0.2, 0.25) is 0 Å². The summed E-state index contributed by atoms with van der Waals surface area (Å²) >= 11 is 0. The maximum atomic E-state index is 12.3. The Morgan fingerprint density at radius 1 is 1.19 bits per heavy atom. The molecule has 0 bridgehead atoms. The predicted molar refractivity (Wildman–Crippen MR) is 64.3 cm³/mol. The Balaban J connectivity index is 1.70. The van der Waals surface area contributed by atoms with E-state index in [1.165, 1.54) is 18.4 Å². The summed E-state index contributed by atoms with van der Waals surface area (Å²) in [5.41, 5.74) is 1.17. The van der Waals surface area contributed by atoms with Gasteiger partial charge in [-0.3, -0.25) is 4.79 Å². The molecular formula is C15H18O. The Morgan fingerprint density at radius 2 is 1.88 bits per heavy atom. The Labute approximate surface area is 96.9 Å². The van der Waals surface area contributed by atoms with Crippen LogP contribution in [0.5, 0.6) is 0 Å². The first-order valence-corrected chi connectivity index (χ1v) is 6.40. The average molecular weight is 214 g/mol. The van der Waals surface area contributed by atoms with Gasteiger partial charge < -0.3 is 0 Å². The maximum Gasteiger partial charge on any atom is 0.143 e. The number of hydrogen-bond donors (Lipinski definition) is 0. The first-order chi connectivity index (χ1) is 7.81. The van der Waals surface area contributed by atoms with Crippen molar-refractivity contribution in [2.24, 2.45) is 5.92 Å². The second-order valence-corrected chi connectivity index (χ2v) is 5.35. The lowest BCUT2D eigenvalue weighted by atomic mass is 9.88. The fourth-order valence-corrected chi connectivity index (χ4v) is 2.59. The van der Waals surface area contributed by atoms with Gasteiger partial charge >= 0.3 is 0 Å². The van der Waals surface area contributed by atoms with Gasteiger partial charge in [-0.05, 0) is 30.7 Å². The van der Waals surface area contributed by atoms with Crippen LogP contribution in [0.15, 0.2) is 30.3 Å². The van der Waals surface area contributed by atoms with E-state index in [-0.39, 0.29) is 5.41 Å². The van der Waals surface area contributed by atoms with Crippen LogP contribution in [0.3, 0.4) is 0 Å². The quantitative estimate of drug-likeness (QED) is 0.733. The monoisotopic (exact) mass is 214 g/mol. The van der Waals surface area contributed by atoms with E-state index in [1.54, 1.807) is 0 Å². The fraction of sp³-hybridized carbons (Fsp3) is 0.533. The molecule has 1 aromatic carbocycles. The Hall–Kier alpha value is -1.11. The van der Waals surface area contributed by atoms with E-state index in [9.17, 15) is 4.79 Å². The largest absolute Gasteiger partial charge is 0.299 e. The molecule has 1 nitrogen and oxygen atoms in total. The summed E-state index contributed by atoms with van der Waals surface area (Å²) in [5.74, 6) is 1.36. The molecule has 0 aliphatic heterocycles. The van der Waals surface area contributed by atoms with Crippen LogP contribution < -0.4 is 0 Å². The average Bonchev–Trinajstić information content (AvgIpc) is 3.20. The minimum absolute atomic E-state index is 0.0733. The summed E-state index contributed by atoms with van der Waals surface area (Å²) in [6.45, 7) is 0.